The topological polar surface area (TPSA) is 33.3 Å². The van der Waals surface area contributed by atoms with E-state index < -0.39 is 0 Å². The highest BCUT2D eigenvalue weighted by Gasteiger charge is 2.14. The Morgan fingerprint density at radius 1 is 1.56 bits per heavy atom. The van der Waals surface area contributed by atoms with Crippen molar-refractivity contribution in [2.75, 3.05) is 19.4 Å². The number of nitrogens with one attached hydrogen (secondary N) is 2. The monoisotopic (exact) mass is 236 g/mol. The summed E-state index contributed by atoms with van der Waals surface area (Å²) in [5, 5.41) is 3.41. The summed E-state index contributed by atoms with van der Waals surface area (Å²) in [6.45, 7) is 0.907. The van der Waals surface area contributed by atoms with E-state index in [0.717, 1.165) is 6.54 Å². The minimum absolute atomic E-state index is 0.907. The van der Waals surface area contributed by atoms with Crippen molar-refractivity contribution in [3.05, 3.63) is 46.7 Å². The SMILES string of the molecule is CON/C=C\C=C1\C=C(C2=CCCS2)NC1. The first-order valence-corrected chi connectivity index (χ1v) is 6.32. The second-order valence-corrected chi connectivity index (χ2v) is 4.68. The molecule has 0 aromatic rings. The van der Waals surface area contributed by atoms with Gasteiger partial charge in [-0.1, -0.05) is 12.2 Å². The highest BCUT2D eigenvalue weighted by Crippen LogP contribution is 2.31. The van der Waals surface area contributed by atoms with Crippen LogP contribution in [0.3, 0.4) is 0 Å². The fourth-order valence-electron chi connectivity index (χ4n) is 1.63. The Labute approximate surface area is 100 Å². The van der Waals surface area contributed by atoms with Crippen LogP contribution in [-0.4, -0.2) is 19.4 Å². The van der Waals surface area contributed by atoms with Gasteiger partial charge in [0.2, 0.25) is 0 Å². The molecule has 0 aliphatic carbocycles. The molecule has 0 saturated heterocycles. The van der Waals surface area contributed by atoms with Crippen molar-refractivity contribution in [1.82, 2.24) is 10.8 Å². The molecule has 16 heavy (non-hydrogen) atoms. The first kappa shape index (κ1) is 11.4. The minimum atomic E-state index is 0.907. The zero-order valence-corrected chi connectivity index (χ0v) is 10.1. The van der Waals surface area contributed by atoms with Crippen LogP contribution in [0.5, 0.6) is 0 Å². The summed E-state index contributed by atoms with van der Waals surface area (Å²) in [5.41, 5.74) is 5.21. The Balaban J connectivity index is 1.94. The van der Waals surface area contributed by atoms with Crippen LogP contribution in [0.2, 0.25) is 0 Å². The van der Waals surface area contributed by atoms with Crippen LogP contribution in [0.25, 0.3) is 0 Å². The fraction of sp³-hybridized carbons (Fsp3) is 0.333. The second-order valence-electron chi connectivity index (χ2n) is 3.54. The van der Waals surface area contributed by atoms with E-state index >= 15 is 0 Å². The largest absolute Gasteiger partial charge is 0.380 e. The summed E-state index contributed by atoms with van der Waals surface area (Å²) in [7, 11) is 1.59. The van der Waals surface area contributed by atoms with E-state index in [1.54, 1.807) is 13.3 Å². The van der Waals surface area contributed by atoms with Gasteiger partial charge in [-0.25, -0.2) is 0 Å². The van der Waals surface area contributed by atoms with Gasteiger partial charge in [-0.15, -0.1) is 11.8 Å². The molecule has 2 aliphatic heterocycles. The lowest BCUT2D eigenvalue weighted by Gasteiger charge is -2.02. The molecule has 2 N–H and O–H groups in total. The Kier molecular flexibility index (Phi) is 4.13. The molecule has 0 aromatic carbocycles. The average Bonchev–Trinajstić information content (AvgIpc) is 2.94. The Morgan fingerprint density at radius 2 is 2.50 bits per heavy atom. The molecular formula is C12H16N2OS. The molecule has 4 heteroatoms. The van der Waals surface area contributed by atoms with Gasteiger partial charge < -0.3 is 5.32 Å². The molecule has 0 atom stereocenters. The van der Waals surface area contributed by atoms with Gasteiger partial charge in [-0.3, -0.25) is 10.3 Å². The molecule has 2 rings (SSSR count). The number of allylic oxidation sites excluding steroid dienone is 3. The van der Waals surface area contributed by atoms with Crippen LogP contribution in [0.4, 0.5) is 0 Å². The fourth-order valence-corrected chi connectivity index (χ4v) is 2.61. The molecule has 0 unspecified atom stereocenters. The van der Waals surface area contributed by atoms with Gasteiger partial charge >= 0.3 is 0 Å². The summed E-state index contributed by atoms with van der Waals surface area (Å²) < 4.78 is 0. The van der Waals surface area contributed by atoms with Crippen molar-refractivity contribution in [1.29, 1.82) is 0 Å². The maximum Gasteiger partial charge on any atom is 0.0636 e. The van der Waals surface area contributed by atoms with Gasteiger partial charge in [0.05, 0.1) is 7.11 Å². The van der Waals surface area contributed by atoms with Crippen LogP contribution in [0.1, 0.15) is 6.42 Å². The summed E-state index contributed by atoms with van der Waals surface area (Å²) >= 11 is 1.93. The van der Waals surface area contributed by atoms with Crippen molar-refractivity contribution in [3.63, 3.8) is 0 Å². The van der Waals surface area contributed by atoms with E-state index in [9.17, 15) is 0 Å². The van der Waals surface area contributed by atoms with Crippen molar-refractivity contribution in [2.45, 2.75) is 6.42 Å². The van der Waals surface area contributed by atoms with Crippen molar-refractivity contribution < 1.29 is 4.84 Å². The van der Waals surface area contributed by atoms with Crippen molar-refractivity contribution in [2.24, 2.45) is 0 Å². The summed E-state index contributed by atoms with van der Waals surface area (Å²) in [5.74, 6) is 1.21. The summed E-state index contributed by atoms with van der Waals surface area (Å²) in [6, 6.07) is 0. The predicted octanol–water partition coefficient (Wildman–Crippen LogP) is 2.09. The van der Waals surface area contributed by atoms with E-state index in [-0.39, 0.29) is 0 Å². The normalized spacial score (nSPS) is 22.4. The molecule has 0 saturated carbocycles. The molecule has 2 aliphatic rings. The van der Waals surface area contributed by atoms with E-state index in [0.29, 0.717) is 0 Å². The van der Waals surface area contributed by atoms with Gasteiger partial charge in [0.15, 0.2) is 0 Å². The lowest BCUT2D eigenvalue weighted by atomic mass is 10.2. The Bertz CT molecular complexity index is 369. The quantitative estimate of drug-likeness (QED) is 0.732. The Morgan fingerprint density at radius 3 is 3.25 bits per heavy atom. The third kappa shape index (κ3) is 2.93. The van der Waals surface area contributed by atoms with E-state index in [1.807, 2.05) is 17.8 Å². The van der Waals surface area contributed by atoms with Crippen LogP contribution in [0.15, 0.2) is 46.7 Å². The van der Waals surface area contributed by atoms with Gasteiger partial charge in [-0.05, 0) is 24.1 Å². The molecule has 0 bridgehead atoms. The van der Waals surface area contributed by atoms with E-state index in [4.69, 9.17) is 4.84 Å². The Hall–Kier alpha value is -1.13. The highest BCUT2D eigenvalue weighted by atomic mass is 32.2. The standard InChI is InChI=1S/C12H16N2OS/c1-15-14-6-2-4-10-8-11(13-9-10)12-5-3-7-16-12/h2,4-6,8,13-14H,3,7,9H2,1H3/b6-2-,10-4-. The number of thioether (sulfide) groups is 1. The lowest BCUT2D eigenvalue weighted by Crippen LogP contribution is -2.08. The van der Waals surface area contributed by atoms with Crippen molar-refractivity contribution >= 4 is 11.8 Å². The smallest absolute Gasteiger partial charge is 0.0636 e. The average molecular weight is 236 g/mol. The minimum Gasteiger partial charge on any atom is -0.380 e. The third-order valence-corrected chi connectivity index (χ3v) is 3.51. The van der Waals surface area contributed by atoms with Gasteiger partial charge in [0, 0.05) is 29.1 Å². The number of hydrogen-bond donors (Lipinski definition) is 2. The number of hydroxylamine groups is 1. The summed E-state index contributed by atoms with van der Waals surface area (Å²) in [6.07, 6.45) is 11.5. The zero-order valence-electron chi connectivity index (χ0n) is 9.32. The van der Waals surface area contributed by atoms with Gasteiger partial charge in [0.1, 0.15) is 0 Å². The molecule has 86 valence electrons. The van der Waals surface area contributed by atoms with Crippen LogP contribution >= 0.6 is 11.8 Å². The molecule has 2 heterocycles. The van der Waals surface area contributed by atoms with Crippen molar-refractivity contribution in [3.8, 4) is 0 Å². The van der Waals surface area contributed by atoms with E-state index in [1.165, 1.54) is 28.3 Å². The molecule has 3 nitrogen and oxygen atoms in total. The van der Waals surface area contributed by atoms with Gasteiger partial charge in [0.25, 0.3) is 0 Å². The summed E-state index contributed by atoms with van der Waals surface area (Å²) in [4.78, 5) is 6.09. The zero-order chi connectivity index (χ0) is 11.2. The van der Waals surface area contributed by atoms with Crippen LogP contribution in [-0.2, 0) is 4.84 Å². The van der Waals surface area contributed by atoms with Gasteiger partial charge in [-0.2, -0.15) is 0 Å². The van der Waals surface area contributed by atoms with Crippen LogP contribution < -0.4 is 10.8 Å². The molecule has 0 fully saturated rings. The third-order valence-electron chi connectivity index (χ3n) is 2.38. The highest BCUT2D eigenvalue weighted by molar-refractivity contribution is 8.03. The van der Waals surface area contributed by atoms with E-state index in [2.05, 4.69) is 29.0 Å². The molecule has 0 spiro atoms. The number of rotatable bonds is 4. The molecule has 0 radical (unpaired) electrons. The number of hydrogen-bond acceptors (Lipinski definition) is 4. The predicted molar refractivity (Wildman–Crippen MR) is 68.6 cm³/mol. The maximum atomic E-state index is 4.70. The van der Waals surface area contributed by atoms with Crippen LogP contribution in [0, 0.1) is 0 Å². The molecular weight excluding hydrogens is 220 g/mol. The lowest BCUT2D eigenvalue weighted by molar-refractivity contribution is 0.128. The molecule has 0 aromatic heterocycles. The second kappa shape index (κ2) is 5.82. The first-order chi connectivity index (χ1) is 7.90. The molecule has 0 amide bonds. The first-order valence-electron chi connectivity index (χ1n) is 5.33. The maximum absolute atomic E-state index is 4.70.